The SMILES string of the molecule is CC(C)C(=O)N1CC[C@@H](NCc2ccc(C(N)=O)cc2)[C@H](C)C1. The van der Waals surface area contributed by atoms with E-state index in [-0.39, 0.29) is 11.8 Å². The van der Waals surface area contributed by atoms with E-state index in [0.29, 0.717) is 17.5 Å². The topological polar surface area (TPSA) is 75.4 Å². The second-order valence-corrected chi connectivity index (χ2v) is 6.75. The van der Waals surface area contributed by atoms with Crippen molar-refractivity contribution >= 4 is 11.8 Å². The Morgan fingerprint density at radius 2 is 1.96 bits per heavy atom. The molecule has 23 heavy (non-hydrogen) atoms. The number of rotatable bonds is 5. The lowest BCUT2D eigenvalue weighted by Crippen LogP contribution is -2.50. The summed E-state index contributed by atoms with van der Waals surface area (Å²) in [4.78, 5) is 25.1. The summed E-state index contributed by atoms with van der Waals surface area (Å²) in [6, 6.07) is 7.77. The van der Waals surface area contributed by atoms with E-state index in [9.17, 15) is 9.59 Å². The number of hydrogen-bond donors (Lipinski definition) is 2. The summed E-state index contributed by atoms with van der Waals surface area (Å²) in [5, 5.41) is 3.57. The van der Waals surface area contributed by atoms with E-state index < -0.39 is 5.91 Å². The van der Waals surface area contributed by atoms with Gasteiger partial charge in [-0.3, -0.25) is 9.59 Å². The highest BCUT2D eigenvalue weighted by molar-refractivity contribution is 5.92. The fraction of sp³-hybridized carbons (Fsp3) is 0.556. The molecule has 2 atom stereocenters. The van der Waals surface area contributed by atoms with Crippen LogP contribution in [0.3, 0.4) is 0 Å². The molecule has 1 aromatic carbocycles. The molecular formula is C18H27N3O2. The first-order chi connectivity index (χ1) is 10.9. The third-order valence-corrected chi connectivity index (χ3v) is 4.52. The van der Waals surface area contributed by atoms with Crippen molar-refractivity contribution in [2.45, 2.75) is 39.8 Å². The molecule has 2 rings (SSSR count). The smallest absolute Gasteiger partial charge is 0.248 e. The third-order valence-electron chi connectivity index (χ3n) is 4.52. The van der Waals surface area contributed by atoms with Crippen molar-refractivity contribution in [1.29, 1.82) is 0 Å². The van der Waals surface area contributed by atoms with E-state index in [2.05, 4.69) is 12.2 Å². The second-order valence-electron chi connectivity index (χ2n) is 6.75. The normalized spacial score (nSPS) is 21.5. The summed E-state index contributed by atoms with van der Waals surface area (Å²) in [6.45, 7) is 8.48. The molecule has 126 valence electrons. The predicted molar refractivity (Wildman–Crippen MR) is 90.8 cm³/mol. The Morgan fingerprint density at radius 1 is 1.30 bits per heavy atom. The van der Waals surface area contributed by atoms with Crippen molar-refractivity contribution in [3.8, 4) is 0 Å². The Hall–Kier alpha value is -1.88. The molecule has 2 amide bonds. The van der Waals surface area contributed by atoms with Crippen LogP contribution in [0.25, 0.3) is 0 Å². The van der Waals surface area contributed by atoms with Crippen LogP contribution in [-0.2, 0) is 11.3 Å². The zero-order valence-electron chi connectivity index (χ0n) is 14.2. The Kier molecular flexibility index (Phi) is 5.77. The third kappa shape index (κ3) is 4.55. The molecule has 1 aromatic rings. The molecule has 0 aromatic heterocycles. The molecule has 3 N–H and O–H groups in total. The summed E-state index contributed by atoms with van der Waals surface area (Å²) >= 11 is 0. The number of amides is 2. The van der Waals surface area contributed by atoms with Crippen molar-refractivity contribution in [3.63, 3.8) is 0 Å². The van der Waals surface area contributed by atoms with Crippen LogP contribution in [0.2, 0.25) is 0 Å². The Labute approximate surface area is 138 Å². The van der Waals surface area contributed by atoms with Crippen LogP contribution >= 0.6 is 0 Å². The van der Waals surface area contributed by atoms with E-state index in [1.807, 2.05) is 30.9 Å². The summed E-state index contributed by atoms with van der Waals surface area (Å²) in [7, 11) is 0. The van der Waals surface area contributed by atoms with Gasteiger partial charge in [-0.15, -0.1) is 0 Å². The van der Waals surface area contributed by atoms with Crippen molar-refractivity contribution in [2.24, 2.45) is 17.6 Å². The quantitative estimate of drug-likeness (QED) is 0.869. The van der Waals surface area contributed by atoms with Gasteiger partial charge in [0.2, 0.25) is 11.8 Å². The first-order valence-electron chi connectivity index (χ1n) is 8.29. The maximum absolute atomic E-state index is 12.1. The van der Waals surface area contributed by atoms with Gasteiger partial charge in [-0.05, 0) is 30.0 Å². The van der Waals surface area contributed by atoms with Gasteiger partial charge in [0.25, 0.3) is 0 Å². The van der Waals surface area contributed by atoms with Crippen LogP contribution in [0.1, 0.15) is 43.1 Å². The number of carbonyl (C=O) groups excluding carboxylic acids is 2. The molecule has 0 aliphatic carbocycles. The number of primary amides is 1. The molecule has 0 bridgehead atoms. The Morgan fingerprint density at radius 3 is 2.48 bits per heavy atom. The molecule has 1 heterocycles. The van der Waals surface area contributed by atoms with E-state index in [1.165, 1.54) is 0 Å². The van der Waals surface area contributed by atoms with Crippen molar-refractivity contribution < 1.29 is 9.59 Å². The first-order valence-corrected chi connectivity index (χ1v) is 8.29. The van der Waals surface area contributed by atoms with Gasteiger partial charge >= 0.3 is 0 Å². The van der Waals surface area contributed by atoms with Crippen LogP contribution in [-0.4, -0.2) is 35.8 Å². The van der Waals surface area contributed by atoms with Gasteiger partial charge in [-0.2, -0.15) is 0 Å². The van der Waals surface area contributed by atoms with Crippen molar-refractivity contribution in [2.75, 3.05) is 13.1 Å². The molecule has 1 fully saturated rings. The summed E-state index contributed by atoms with van der Waals surface area (Å²) in [5.41, 5.74) is 6.90. The predicted octanol–water partition coefficient (Wildman–Crippen LogP) is 1.77. The van der Waals surface area contributed by atoms with Crippen molar-refractivity contribution in [1.82, 2.24) is 10.2 Å². The number of nitrogens with one attached hydrogen (secondary N) is 1. The molecule has 1 aliphatic rings. The highest BCUT2D eigenvalue weighted by Gasteiger charge is 2.29. The summed E-state index contributed by atoms with van der Waals surface area (Å²) < 4.78 is 0. The number of nitrogens with zero attached hydrogens (tertiary/aromatic N) is 1. The molecule has 5 heteroatoms. The highest BCUT2D eigenvalue weighted by Crippen LogP contribution is 2.19. The monoisotopic (exact) mass is 317 g/mol. The lowest BCUT2D eigenvalue weighted by atomic mass is 9.92. The molecule has 1 aliphatic heterocycles. The average molecular weight is 317 g/mol. The number of nitrogens with two attached hydrogens (primary N) is 1. The van der Waals surface area contributed by atoms with Gasteiger partial charge in [-0.25, -0.2) is 0 Å². The first kappa shape index (κ1) is 17.5. The Bertz CT molecular complexity index is 554. The largest absolute Gasteiger partial charge is 0.366 e. The van der Waals surface area contributed by atoms with Crippen LogP contribution in [0, 0.1) is 11.8 Å². The summed E-state index contributed by atoms with van der Waals surface area (Å²) in [5.74, 6) is 0.337. The zero-order valence-corrected chi connectivity index (χ0v) is 14.2. The lowest BCUT2D eigenvalue weighted by Gasteiger charge is -2.38. The van der Waals surface area contributed by atoms with Crippen LogP contribution in [0.15, 0.2) is 24.3 Å². The highest BCUT2D eigenvalue weighted by atomic mass is 16.2. The number of carbonyl (C=O) groups is 2. The molecule has 5 nitrogen and oxygen atoms in total. The Balaban J connectivity index is 1.85. The molecule has 0 spiro atoms. The molecule has 1 saturated heterocycles. The van der Waals surface area contributed by atoms with E-state index in [1.54, 1.807) is 12.1 Å². The van der Waals surface area contributed by atoms with Gasteiger partial charge in [-0.1, -0.05) is 32.9 Å². The molecule has 0 saturated carbocycles. The van der Waals surface area contributed by atoms with Crippen LogP contribution in [0.4, 0.5) is 0 Å². The number of piperidine rings is 1. The van der Waals surface area contributed by atoms with Gasteiger partial charge in [0, 0.05) is 37.2 Å². The minimum absolute atomic E-state index is 0.0653. The standard InChI is InChI=1S/C18H27N3O2/c1-12(2)18(23)21-9-8-16(13(3)11-21)20-10-14-4-6-15(7-5-14)17(19)22/h4-7,12-13,16,20H,8-11H2,1-3H3,(H2,19,22)/t13-,16-/m1/s1. The van der Waals surface area contributed by atoms with E-state index >= 15 is 0 Å². The van der Waals surface area contributed by atoms with Gasteiger partial charge in [0.05, 0.1) is 0 Å². The maximum atomic E-state index is 12.1. The van der Waals surface area contributed by atoms with Crippen molar-refractivity contribution in [3.05, 3.63) is 35.4 Å². The molecule has 0 unspecified atom stereocenters. The zero-order chi connectivity index (χ0) is 17.0. The lowest BCUT2D eigenvalue weighted by molar-refractivity contribution is -0.136. The number of benzene rings is 1. The minimum Gasteiger partial charge on any atom is -0.366 e. The number of likely N-dealkylation sites (tertiary alicyclic amines) is 1. The maximum Gasteiger partial charge on any atom is 0.248 e. The summed E-state index contributed by atoms with van der Waals surface area (Å²) in [6.07, 6.45) is 0.971. The molecular weight excluding hydrogens is 290 g/mol. The van der Waals surface area contributed by atoms with Gasteiger partial charge in [0.15, 0.2) is 0 Å². The van der Waals surface area contributed by atoms with Gasteiger partial charge < -0.3 is 16.0 Å². The molecule has 0 radical (unpaired) electrons. The van der Waals surface area contributed by atoms with Crippen LogP contribution < -0.4 is 11.1 Å². The average Bonchev–Trinajstić information content (AvgIpc) is 2.53. The number of hydrogen-bond acceptors (Lipinski definition) is 3. The van der Waals surface area contributed by atoms with E-state index in [4.69, 9.17) is 5.73 Å². The second kappa shape index (κ2) is 7.59. The fourth-order valence-corrected chi connectivity index (χ4v) is 3.05. The minimum atomic E-state index is -0.402. The van der Waals surface area contributed by atoms with Crippen LogP contribution in [0.5, 0.6) is 0 Å². The van der Waals surface area contributed by atoms with Gasteiger partial charge in [0.1, 0.15) is 0 Å². The van der Waals surface area contributed by atoms with E-state index in [0.717, 1.165) is 31.6 Å². The fourth-order valence-electron chi connectivity index (χ4n) is 3.05.